The van der Waals surface area contributed by atoms with Gasteiger partial charge in [0, 0.05) is 14.1 Å². The molecule has 0 spiro atoms. The summed E-state index contributed by atoms with van der Waals surface area (Å²) in [6.45, 7) is 8.33. The second kappa shape index (κ2) is 5.83. The zero-order valence-corrected chi connectivity index (χ0v) is 14.7. The van der Waals surface area contributed by atoms with Crippen LogP contribution in [0.3, 0.4) is 0 Å². The minimum atomic E-state index is -3.49. The monoisotopic (exact) mass is 320 g/mol. The highest BCUT2D eigenvalue weighted by Gasteiger charge is 2.22. The number of hydrogen-bond donors (Lipinski definition) is 1. The van der Waals surface area contributed by atoms with Crippen LogP contribution in [0.2, 0.25) is 19.6 Å². The molecule has 5 heteroatoms. The Morgan fingerprint density at radius 1 is 1.05 bits per heavy atom. The van der Waals surface area contributed by atoms with Crippen molar-refractivity contribution < 1.29 is 8.42 Å². The summed E-state index contributed by atoms with van der Waals surface area (Å²) in [4.78, 5) is 0.435. The first kappa shape index (κ1) is 16.1. The molecule has 2 rings (SSSR count). The van der Waals surface area contributed by atoms with Gasteiger partial charge in [-0.3, -0.25) is 0 Å². The molecule has 0 bridgehead atoms. The Hall–Kier alpha value is -1.30. The van der Waals surface area contributed by atoms with E-state index in [4.69, 9.17) is 0 Å². The second-order valence-corrected chi connectivity index (χ2v) is 13.0. The van der Waals surface area contributed by atoms with Gasteiger partial charge in [-0.2, -0.15) is 12.1 Å². The number of rotatable bonds is 5. The van der Waals surface area contributed by atoms with Crippen molar-refractivity contribution in [3.8, 4) is 0 Å². The van der Waals surface area contributed by atoms with Gasteiger partial charge in [-0.15, -0.1) is 5.19 Å². The van der Waals surface area contributed by atoms with E-state index in [9.17, 15) is 8.42 Å². The Balaban J connectivity index is 2.30. The van der Waals surface area contributed by atoms with Crippen molar-refractivity contribution >= 4 is 23.3 Å². The number of benzene rings is 1. The van der Waals surface area contributed by atoms with Crippen molar-refractivity contribution in [2.24, 2.45) is 0 Å². The van der Waals surface area contributed by atoms with E-state index in [-0.39, 0.29) is 6.04 Å². The molecule has 21 heavy (non-hydrogen) atoms. The van der Waals surface area contributed by atoms with E-state index in [0.717, 1.165) is 10.8 Å². The maximum Gasteiger partial charge on any atom is 0.217 e. The van der Waals surface area contributed by atoms with Gasteiger partial charge in [-0.25, -0.2) is 19.2 Å². The van der Waals surface area contributed by atoms with Gasteiger partial charge >= 0.3 is 0 Å². The quantitative estimate of drug-likeness (QED) is 0.680. The summed E-state index contributed by atoms with van der Waals surface area (Å²) in [6, 6.07) is 14.8. The lowest BCUT2D eigenvalue weighted by Gasteiger charge is -2.25. The van der Waals surface area contributed by atoms with Crippen LogP contribution in [0.4, 0.5) is 0 Å². The third kappa shape index (κ3) is 3.67. The Morgan fingerprint density at radius 3 is 2.24 bits per heavy atom. The summed E-state index contributed by atoms with van der Waals surface area (Å²) >= 11 is 0. The molecule has 0 fully saturated rings. The van der Waals surface area contributed by atoms with Crippen LogP contribution in [0, 0.1) is 0 Å². The van der Waals surface area contributed by atoms with Crippen molar-refractivity contribution in [1.82, 2.24) is 4.72 Å². The largest absolute Gasteiger partial charge is 0.217 e. The van der Waals surface area contributed by atoms with E-state index in [1.165, 1.54) is 0 Å². The van der Waals surface area contributed by atoms with Gasteiger partial charge in [-0.1, -0.05) is 50.0 Å². The van der Waals surface area contributed by atoms with E-state index in [0.29, 0.717) is 4.90 Å². The van der Waals surface area contributed by atoms with Crippen molar-refractivity contribution in [3.05, 3.63) is 54.1 Å². The second-order valence-electron chi connectivity index (χ2n) is 6.31. The summed E-state index contributed by atoms with van der Waals surface area (Å²) < 4.78 is 28.1. The molecule has 114 valence electrons. The summed E-state index contributed by atoms with van der Waals surface area (Å²) in [7, 11) is -5.18. The fourth-order valence-corrected chi connectivity index (χ4v) is 6.45. The number of sulfonamides is 1. The molecule has 0 radical (unpaired) electrons. The molecular weight excluding hydrogens is 298 g/mol. The highest BCUT2D eigenvalue weighted by molar-refractivity contribution is 7.89. The van der Waals surface area contributed by atoms with E-state index >= 15 is 0 Å². The van der Waals surface area contributed by atoms with E-state index in [1.54, 1.807) is 6.07 Å². The molecule has 0 amide bonds. The lowest BCUT2D eigenvalue weighted by Crippen LogP contribution is -2.41. The first-order chi connectivity index (χ1) is 9.72. The Bertz CT molecular complexity index is 699. The normalized spacial score (nSPS) is 14.1. The van der Waals surface area contributed by atoms with Gasteiger partial charge in [0.05, 0.1) is 0 Å². The maximum absolute atomic E-state index is 12.7. The molecule has 0 aliphatic carbocycles. The van der Waals surface area contributed by atoms with E-state index < -0.39 is 18.1 Å². The fourth-order valence-electron chi connectivity index (χ4n) is 2.36. The predicted octanol–water partition coefficient (Wildman–Crippen LogP) is 2.99. The highest BCUT2D eigenvalue weighted by atomic mass is 32.2. The average molecular weight is 321 g/mol. The molecule has 0 aliphatic heterocycles. The molecule has 2 aromatic rings. The zero-order chi connectivity index (χ0) is 15.7. The Labute approximate surface area is 128 Å². The van der Waals surface area contributed by atoms with Gasteiger partial charge < -0.3 is 0 Å². The van der Waals surface area contributed by atoms with Crippen LogP contribution in [-0.2, 0) is 10.0 Å². The molecule has 1 atom stereocenters. The first-order valence-electron chi connectivity index (χ1n) is 7.05. The molecule has 0 saturated carbocycles. The third-order valence-corrected chi connectivity index (χ3v) is 7.34. The smallest absolute Gasteiger partial charge is 0.212 e. The van der Waals surface area contributed by atoms with Crippen LogP contribution in [0.5, 0.6) is 0 Å². The Kier molecular flexibility index (Phi) is 4.46. The molecule has 0 heterocycles. The molecule has 2 aromatic carbocycles. The minimum Gasteiger partial charge on any atom is -0.212 e. The van der Waals surface area contributed by atoms with Crippen LogP contribution in [0.25, 0.3) is 0 Å². The van der Waals surface area contributed by atoms with Crippen LogP contribution in [0.1, 0.15) is 18.5 Å². The lowest BCUT2D eigenvalue weighted by molar-refractivity contribution is 0.567. The highest BCUT2D eigenvalue weighted by Crippen LogP contribution is 2.18. The molecule has 1 N–H and O–H groups in total. The zero-order valence-electron chi connectivity index (χ0n) is 12.9. The average Bonchev–Trinajstić information content (AvgIpc) is 2.89. The molecule has 0 unspecified atom stereocenters. The van der Waals surface area contributed by atoms with Crippen LogP contribution >= 0.6 is 0 Å². The summed E-state index contributed by atoms with van der Waals surface area (Å²) in [6.07, 6.45) is 0. The Morgan fingerprint density at radius 2 is 1.67 bits per heavy atom. The summed E-state index contributed by atoms with van der Waals surface area (Å²) in [5.74, 6) is 0. The van der Waals surface area contributed by atoms with Crippen LogP contribution in [-0.4, -0.2) is 16.5 Å². The lowest BCUT2D eigenvalue weighted by atomic mass is 10.1. The molecule has 3 nitrogen and oxygen atoms in total. The molecule has 0 saturated heterocycles. The van der Waals surface area contributed by atoms with Gasteiger partial charge in [-0.05, 0) is 17.4 Å². The molecule has 0 aromatic heterocycles. The number of nitrogens with one attached hydrogen (secondary N) is 1. The minimum absolute atomic E-state index is 0.249. The van der Waals surface area contributed by atoms with E-state index in [2.05, 4.69) is 24.4 Å². The van der Waals surface area contributed by atoms with Gasteiger partial charge in [0.1, 0.15) is 0 Å². The van der Waals surface area contributed by atoms with Gasteiger partial charge in [0.25, 0.3) is 0 Å². The van der Waals surface area contributed by atoms with Crippen LogP contribution in [0.15, 0.2) is 53.4 Å². The first-order valence-corrected chi connectivity index (χ1v) is 12.0. The standard InChI is InChI=1S/C16H22NO2SSi/c1-13(14-9-6-5-7-10-14)17-20(18,19)15-11-8-12-16(15)21(2,3)4/h5-13,17H,1-4H3/q-1/t13-/m1/s1. The number of hydrogen-bond acceptors (Lipinski definition) is 2. The van der Waals surface area contributed by atoms with Crippen molar-refractivity contribution in [2.45, 2.75) is 37.5 Å². The van der Waals surface area contributed by atoms with Crippen LogP contribution < -0.4 is 9.91 Å². The van der Waals surface area contributed by atoms with E-state index in [1.807, 2.05) is 49.4 Å². The predicted molar refractivity (Wildman–Crippen MR) is 90.2 cm³/mol. The topological polar surface area (TPSA) is 46.2 Å². The van der Waals surface area contributed by atoms with Crippen molar-refractivity contribution in [3.63, 3.8) is 0 Å². The van der Waals surface area contributed by atoms with Gasteiger partial charge in [0.15, 0.2) is 0 Å². The molecular formula is C16H22NO2SSi-. The fraction of sp³-hybridized carbons (Fsp3) is 0.312. The van der Waals surface area contributed by atoms with Crippen molar-refractivity contribution in [1.29, 1.82) is 0 Å². The maximum atomic E-state index is 12.7. The van der Waals surface area contributed by atoms with Gasteiger partial charge in [0.2, 0.25) is 10.0 Å². The van der Waals surface area contributed by atoms with Crippen molar-refractivity contribution in [2.75, 3.05) is 0 Å². The summed E-state index contributed by atoms with van der Waals surface area (Å²) in [5.41, 5.74) is 0.960. The SMILES string of the molecule is C[C@@H](NS(=O)(=O)c1ccc[c-]1[Si](C)(C)C)c1ccccc1. The third-order valence-electron chi connectivity index (χ3n) is 3.50. The molecule has 0 aliphatic rings. The summed E-state index contributed by atoms with van der Waals surface area (Å²) in [5, 5.41) is 0.982.